The molecular formula is C19H22N6O2. The van der Waals surface area contributed by atoms with Crippen LogP contribution in [0.5, 0.6) is 0 Å². The molecule has 27 heavy (non-hydrogen) atoms. The number of hydrogen-bond donors (Lipinski definition) is 0. The molecule has 0 saturated heterocycles. The Balaban J connectivity index is 1.39. The van der Waals surface area contributed by atoms with E-state index in [4.69, 9.17) is 4.74 Å². The zero-order valence-electron chi connectivity index (χ0n) is 15.4. The summed E-state index contributed by atoms with van der Waals surface area (Å²) in [7, 11) is 1.91. The van der Waals surface area contributed by atoms with Crippen molar-refractivity contribution in [1.82, 2.24) is 29.2 Å². The van der Waals surface area contributed by atoms with Crippen molar-refractivity contribution in [2.75, 3.05) is 13.2 Å². The van der Waals surface area contributed by atoms with Crippen LogP contribution in [-0.4, -0.2) is 48.3 Å². The number of aryl methyl sites for hydroxylation is 1. The highest BCUT2D eigenvalue weighted by Gasteiger charge is 2.25. The molecule has 3 aromatic rings. The summed E-state index contributed by atoms with van der Waals surface area (Å²) in [6.45, 7) is 3.65. The van der Waals surface area contributed by atoms with E-state index >= 15 is 0 Å². The Hall–Kier alpha value is -3.00. The largest absolute Gasteiger partial charge is 0.361 e. The van der Waals surface area contributed by atoms with Gasteiger partial charge in [-0.2, -0.15) is 0 Å². The van der Waals surface area contributed by atoms with E-state index in [-0.39, 0.29) is 18.6 Å². The molecule has 4 rings (SSSR count). The Bertz CT molecular complexity index is 933. The van der Waals surface area contributed by atoms with E-state index in [1.807, 2.05) is 55.1 Å². The molecule has 3 heterocycles. The molecule has 1 atom stereocenters. The molecule has 1 amide bonds. The van der Waals surface area contributed by atoms with Crippen molar-refractivity contribution in [3.63, 3.8) is 0 Å². The van der Waals surface area contributed by atoms with Gasteiger partial charge in [0.25, 0.3) is 0 Å². The number of aromatic nitrogens is 5. The van der Waals surface area contributed by atoms with Crippen LogP contribution in [0.25, 0.3) is 11.4 Å². The summed E-state index contributed by atoms with van der Waals surface area (Å²) in [4.78, 5) is 18.6. The SMILES string of the molecule is CC(OCC(=O)N1CCn2c(nnc2-c2ccccc2)C1)c1nccn1C. The molecule has 1 aromatic carbocycles. The Morgan fingerprint density at radius 2 is 2.04 bits per heavy atom. The average Bonchev–Trinajstić information content (AvgIpc) is 3.32. The van der Waals surface area contributed by atoms with Crippen molar-refractivity contribution in [2.24, 2.45) is 7.05 Å². The number of hydrogen-bond acceptors (Lipinski definition) is 5. The summed E-state index contributed by atoms with van der Waals surface area (Å²) < 4.78 is 9.70. The van der Waals surface area contributed by atoms with Crippen molar-refractivity contribution in [3.8, 4) is 11.4 Å². The molecule has 0 aliphatic carbocycles. The second-order valence-corrected chi connectivity index (χ2v) is 6.62. The predicted octanol–water partition coefficient (Wildman–Crippen LogP) is 1.80. The maximum atomic E-state index is 12.6. The average molecular weight is 366 g/mol. The van der Waals surface area contributed by atoms with Crippen LogP contribution in [0.1, 0.15) is 24.7 Å². The number of rotatable bonds is 5. The lowest BCUT2D eigenvalue weighted by atomic mass is 10.2. The number of nitrogens with zero attached hydrogens (tertiary/aromatic N) is 6. The molecule has 1 aliphatic rings. The summed E-state index contributed by atoms with van der Waals surface area (Å²) in [6, 6.07) is 9.97. The number of benzene rings is 1. The molecule has 2 aromatic heterocycles. The minimum atomic E-state index is -0.243. The van der Waals surface area contributed by atoms with Crippen molar-refractivity contribution >= 4 is 5.91 Å². The maximum absolute atomic E-state index is 12.6. The van der Waals surface area contributed by atoms with E-state index in [2.05, 4.69) is 19.7 Å². The Morgan fingerprint density at radius 3 is 2.78 bits per heavy atom. The van der Waals surface area contributed by atoms with E-state index in [0.717, 1.165) is 23.0 Å². The van der Waals surface area contributed by atoms with Gasteiger partial charge in [-0.05, 0) is 6.92 Å². The van der Waals surface area contributed by atoms with Gasteiger partial charge in [0.2, 0.25) is 5.91 Å². The molecule has 1 aliphatic heterocycles. The van der Waals surface area contributed by atoms with Gasteiger partial charge in [-0.15, -0.1) is 10.2 Å². The number of ether oxygens (including phenoxy) is 1. The van der Waals surface area contributed by atoms with E-state index in [9.17, 15) is 4.79 Å². The fourth-order valence-corrected chi connectivity index (χ4v) is 3.30. The molecule has 140 valence electrons. The molecule has 1 unspecified atom stereocenters. The lowest BCUT2D eigenvalue weighted by Gasteiger charge is -2.28. The molecule has 0 N–H and O–H groups in total. The fourth-order valence-electron chi connectivity index (χ4n) is 3.30. The summed E-state index contributed by atoms with van der Waals surface area (Å²) in [5, 5.41) is 8.59. The van der Waals surface area contributed by atoms with Gasteiger partial charge in [-0.25, -0.2) is 4.98 Å². The molecule has 0 radical (unpaired) electrons. The number of amides is 1. The number of carbonyl (C=O) groups excluding carboxylic acids is 1. The molecule has 0 fully saturated rings. The van der Waals surface area contributed by atoms with E-state index < -0.39 is 0 Å². The van der Waals surface area contributed by atoms with Crippen LogP contribution < -0.4 is 0 Å². The quantitative estimate of drug-likeness (QED) is 0.688. The first kappa shape index (κ1) is 17.4. The first-order chi connectivity index (χ1) is 13.1. The molecule has 0 saturated carbocycles. The van der Waals surface area contributed by atoms with Crippen LogP contribution in [0.15, 0.2) is 42.7 Å². The van der Waals surface area contributed by atoms with Gasteiger partial charge in [0.1, 0.15) is 18.5 Å². The monoisotopic (exact) mass is 366 g/mol. The van der Waals surface area contributed by atoms with E-state index in [1.54, 1.807) is 11.1 Å². The minimum absolute atomic E-state index is 0.0215. The molecule has 8 nitrogen and oxygen atoms in total. The third-order valence-corrected chi connectivity index (χ3v) is 4.82. The minimum Gasteiger partial charge on any atom is -0.361 e. The van der Waals surface area contributed by atoms with Gasteiger partial charge < -0.3 is 18.8 Å². The summed E-state index contributed by atoms with van der Waals surface area (Å²) >= 11 is 0. The zero-order chi connectivity index (χ0) is 18.8. The van der Waals surface area contributed by atoms with Crippen molar-refractivity contribution in [1.29, 1.82) is 0 Å². The highest BCUT2D eigenvalue weighted by molar-refractivity contribution is 5.77. The van der Waals surface area contributed by atoms with E-state index in [0.29, 0.717) is 19.6 Å². The highest BCUT2D eigenvalue weighted by atomic mass is 16.5. The number of imidazole rings is 1. The third-order valence-electron chi connectivity index (χ3n) is 4.82. The normalized spacial score (nSPS) is 14.8. The Morgan fingerprint density at radius 1 is 1.22 bits per heavy atom. The van der Waals surface area contributed by atoms with Crippen LogP contribution in [0.2, 0.25) is 0 Å². The molecule has 0 bridgehead atoms. The predicted molar refractivity (Wildman–Crippen MR) is 98.5 cm³/mol. The second-order valence-electron chi connectivity index (χ2n) is 6.62. The lowest BCUT2D eigenvalue weighted by Crippen LogP contribution is -2.40. The van der Waals surface area contributed by atoms with Gasteiger partial charge in [0, 0.05) is 38.1 Å². The Kier molecular flexibility index (Phi) is 4.72. The fraction of sp³-hybridized carbons (Fsp3) is 0.368. The highest BCUT2D eigenvalue weighted by Crippen LogP contribution is 2.22. The van der Waals surface area contributed by atoms with Crippen LogP contribution in [-0.2, 0) is 29.7 Å². The smallest absolute Gasteiger partial charge is 0.249 e. The van der Waals surface area contributed by atoms with E-state index in [1.165, 1.54) is 0 Å². The standard InChI is InChI=1S/C19H22N6O2/c1-14(18-20-8-9-23(18)2)27-13-17(26)24-10-11-25-16(12-24)21-22-19(25)15-6-4-3-5-7-15/h3-9,14H,10-13H2,1-2H3. The van der Waals surface area contributed by atoms with Gasteiger partial charge >= 0.3 is 0 Å². The van der Waals surface area contributed by atoms with Crippen LogP contribution in [0, 0.1) is 0 Å². The van der Waals surface area contributed by atoms with Crippen molar-refractivity contribution in [3.05, 3.63) is 54.4 Å². The number of carbonyl (C=O) groups is 1. The molecule has 0 spiro atoms. The molecular weight excluding hydrogens is 344 g/mol. The Labute approximate surface area is 157 Å². The second kappa shape index (κ2) is 7.32. The van der Waals surface area contributed by atoms with Gasteiger partial charge in [0.15, 0.2) is 11.6 Å². The summed E-state index contributed by atoms with van der Waals surface area (Å²) in [6.07, 6.45) is 3.34. The first-order valence-electron chi connectivity index (χ1n) is 8.97. The third kappa shape index (κ3) is 3.48. The van der Waals surface area contributed by atoms with Crippen LogP contribution in [0.3, 0.4) is 0 Å². The van der Waals surface area contributed by atoms with Gasteiger partial charge in [0.05, 0.1) is 6.54 Å². The van der Waals surface area contributed by atoms with Crippen LogP contribution in [0.4, 0.5) is 0 Å². The van der Waals surface area contributed by atoms with Crippen molar-refractivity contribution < 1.29 is 9.53 Å². The summed E-state index contributed by atoms with van der Waals surface area (Å²) in [5.41, 5.74) is 1.03. The first-order valence-corrected chi connectivity index (χ1v) is 8.97. The zero-order valence-corrected chi connectivity index (χ0v) is 15.4. The number of fused-ring (bicyclic) bond motifs is 1. The van der Waals surface area contributed by atoms with Crippen LogP contribution >= 0.6 is 0 Å². The molecule has 8 heteroatoms. The van der Waals surface area contributed by atoms with Crippen molar-refractivity contribution in [2.45, 2.75) is 26.1 Å². The summed E-state index contributed by atoms with van der Waals surface area (Å²) in [5.74, 6) is 2.39. The maximum Gasteiger partial charge on any atom is 0.249 e. The topological polar surface area (TPSA) is 78.1 Å². The lowest BCUT2D eigenvalue weighted by molar-refractivity contribution is -0.139. The van der Waals surface area contributed by atoms with Gasteiger partial charge in [-0.1, -0.05) is 30.3 Å². The van der Waals surface area contributed by atoms with Gasteiger partial charge in [-0.3, -0.25) is 4.79 Å².